The third kappa shape index (κ3) is 4.28. The van der Waals surface area contributed by atoms with Crippen molar-refractivity contribution in [3.8, 4) is 11.3 Å². The van der Waals surface area contributed by atoms with E-state index in [0.717, 1.165) is 11.3 Å². The largest absolute Gasteiger partial charge is 0.252 e. The zero-order valence-corrected chi connectivity index (χ0v) is 17.8. The molecule has 0 saturated heterocycles. The summed E-state index contributed by atoms with van der Waals surface area (Å²) in [6, 6.07) is 8.81. The molecule has 0 amide bonds. The quantitative estimate of drug-likeness (QED) is 0.241. The summed E-state index contributed by atoms with van der Waals surface area (Å²) >= 11 is 31.7. The summed E-state index contributed by atoms with van der Waals surface area (Å²) in [5.74, 6) is 0. The van der Waals surface area contributed by atoms with Crippen molar-refractivity contribution in [2.24, 2.45) is 5.10 Å². The summed E-state index contributed by atoms with van der Waals surface area (Å²) in [4.78, 5) is 4.49. The second-order valence-corrected chi connectivity index (χ2v) is 8.03. The van der Waals surface area contributed by atoms with E-state index < -0.39 is 0 Å². The Labute approximate surface area is 179 Å². The van der Waals surface area contributed by atoms with Crippen LogP contribution in [0.1, 0.15) is 12.5 Å². The smallest absolute Gasteiger partial charge is 0.203 e. The molecule has 1 N–H and O–H groups in total. The van der Waals surface area contributed by atoms with Gasteiger partial charge in [0, 0.05) is 16.5 Å². The molecule has 134 valence electrons. The van der Waals surface area contributed by atoms with Crippen LogP contribution in [0.4, 0.5) is 5.13 Å². The summed E-state index contributed by atoms with van der Waals surface area (Å²) in [7, 11) is 0. The van der Waals surface area contributed by atoms with E-state index in [2.05, 4.69) is 15.5 Å². The molecule has 3 nitrogen and oxygen atoms in total. The second kappa shape index (κ2) is 8.34. The molecule has 1 aromatic heterocycles. The first-order valence-electron chi connectivity index (χ1n) is 7.22. The van der Waals surface area contributed by atoms with Gasteiger partial charge in [-0.05, 0) is 25.1 Å². The van der Waals surface area contributed by atoms with Gasteiger partial charge in [-0.25, -0.2) is 4.98 Å². The fourth-order valence-electron chi connectivity index (χ4n) is 2.11. The number of thiazole rings is 1. The molecule has 0 saturated carbocycles. The van der Waals surface area contributed by atoms with Gasteiger partial charge in [0.25, 0.3) is 0 Å². The van der Waals surface area contributed by atoms with Crippen LogP contribution in [-0.2, 0) is 0 Å². The minimum atomic E-state index is 0.302. The van der Waals surface area contributed by atoms with Crippen LogP contribution in [0, 0.1) is 0 Å². The van der Waals surface area contributed by atoms with Gasteiger partial charge in [0.05, 0.1) is 36.5 Å². The predicted octanol–water partition coefficient (Wildman–Crippen LogP) is 7.91. The molecule has 2 aromatic carbocycles. The van der Waals surface area contributed by atoms with Crippen LogP contribution in [0.2, 0.25) is 25.1 Å². The number of hydrazone groups is 1. The molecule has 0 atom stereocenters. The van der Waals surface area contributed by atoms with Gasteiger partial charge in [-0.3, -0.25) is 5.43 Å². The van der Waals surface area contributed by atoms with Crippen LogP contribution >= 0.6 is 69.3 Å². The van der Waals surface area contributed by atoms with Crippen LogP contribution < -0.4 is 5.43 Å². The van der Waals surface area contributed by atoms with Gasteiger partial charge in [-0.2, -0.15) is 5.10 Å². The molecule has 0 radical (unpaired) electrons. The van der Waals surface area contributed by atoms with E-state index in [9.17, 15) is 0 Å². The van der Waals surface area contributed by atoms with Gasteiger partial charge in [-0.15, -0.1) is 11.3 Å². The van der Waals surface area contributed by atoms with Crippen molar-refractivity contribution in [2.45, 2.75) is 6.92 Å². The van der Waals surface area contributed by atoms with E-state index in [-0.39, 0.29) is 0 Å². The van der Waals surface area contributed by atoms with Crippen molar-refractivity contribution in [3.63, 3.8) is 0 Å². The molecule has 3 rings (SSSR count). The minimum absolute atomic E-state index is 0.302. The van der Waals surface area contributed by atoms with Gasteiger partial charge >= 0.3 is 0 Å². The van der Waals surface area contributed by atoms with Crippen molar-refractivity contribution < 1.29 is 0 Å². The van der Waals surface area contributed by atoms with Crippen LogP contribution in [0.3, 0.4) is 0 Å². The van der Waals surface area contributed by atoms with E-state index in [4.69, 9.17) is 58.0 Å². The molecule has 9 heteroatoms. The number of benzene rings is 2. The van der Waals surface area contributed by atoms with Gasteiger partial charge < -0.3 is 0 Å². The van der Waals surface area contributed by atoms with Crippen molar-refractivity contribution in [2.75, 3.05) is 5.43 Å². The Hall–Kier alpha value is -1.01. The van der Waals surface area contributed by atoms with Crippen molar-refractivity contribution in [1.82, 2.24) is 4.98 Å². The fraction of sp³-hybridized carbons (Fsp3) is 0.0588. The molecule has 0 unspecified atom stereocenters. The topological polar surface area (TPSA) is 37.3 Å². The Bertz CT molecular complexity index is 1000. The predicted molar refractivity (Wildman–Crippen MR) is 115 cm³/mol. The first-order valence-corrected chi connectivity index (χ1v) is 9.99. The number of anilines is 1. The van der Waals surface area contributed by atoms with Gasteiger partial charge in [0.2, 0.25) is 5.13 Å². The summed E-state index contributed by atoms with van der Waals surface area (Å²) in [6.07, 6.45) is 0. The van der Waals surface area contributed by atoms with Crippen LogP contribution in [0.15, 0.2) is 40.8 Å². The summed E-state index contributed by atoms with van der Waals surface area (Å²) < 4.78 is 0. The SMILES string of the molecule is C/C(=N\Nc1nc(-c2ccc(Cl)c(Cl)c2)cs1)c1ccc(Cl)c(Cl)c1Cl. The molecule has 26 heavy (non-hydrogen) atoms. The van der Waals surface area contributed by atoms with Crippen LogP contribution in [0.5, 0.6) is 0 Å². The Kier molecular flexibility index (Phi) is 6.33. The maximum absolute atomic E-state index is 6.23. The molecular weight excluding hydrogens is 456 g/mol. The average molecular weight is 466 g/mol. The number of hydrogen-bond acceptors (Lipinski definition) is 4. The Morgan fingerprint density at radius 1 is 0.962 bits per heavy atom. The lowest BCUT2D eigenvalue weighted by Gasteiger charge is -2.07. The standard InChI is InChI=1S/C17H10Cl5N3S/c1-8(10-3-5-12(19)16(22)15(10)21)24-25-17-23-14(7-26-17)9-2-4-11(18)13(20)6-9/h2-7H,1H3,(H,23,25)/b24-8+. The highest BCUT2D eigenvalue weighted by Crippen LogP contribution is 2.33. The average Bonchev–Trinajstić information content (AvgIpc) is 3.09. The molecular formula is C17H10Cl5N3S. The molecule has 0 bridgehead atoms. The van der Waals surface area contributed by atoms with Crippen molar-refractivity contribution >= 4 is 80.2 Å². The van der Waals surface area contributed by atoms with Crippen molar-refractivity contribution in [1.29, 1.82) is 0 Å². The number of hydrogen-bond donors (Lipinski definition) is 1. The molecule has 0 aliphatic heterocycles. The van der Waals surface area contributed by atoms with Crippen LogP contribution in [-0.4, -0.2) is 10.7 Å². The summed E-state index contributed by atoms with van der Waals surface area (Å²) in [5.41, 5.74) is 5.91. The lowest BCUT2D eigenvalue weighted by Crippen LogP contribution is -2.01. The number of aromatic nitrogens is 1. The summed E-state index contributed by atoms with van der Waals surface area (Å²) in [6.45, 7) is 1.81. The van der Waals surface area contributed by atoms with Crippen molar-refractivity contribution in [3.05, 3.63) is 66.4 Å². The lowest BCUT2D eigenvalue weighted by molar-refractivity contribution is 1.27. The van der Waals surface area contributed by atoms with E-state index in [0.29, 0.717) is 41.5 Å². The summed E-state index contributed by atoms with van der Waals surface area (Å²) in [5, 5.41) is 8.89. The lowest BCUT2D eigenvalue weighted by atomic mass is 10.1. The third-order valence-electron chi connectivity index (χ3n) is 3.46. The first-order chi connectivity index (χ1) is 12.4. The molecule has 1 heterocycles. The number of nitrogens with zero attached hydrogens (tertiary/aromatic N) is 2. The normalized spacial score (nSPS) is 11.7. The van der Waals surface area contributed by atoms with E-state index in [1.807, 2.05) is 18.4 Å². The molecule has 0 fully saturated rings. The maximum Gasteiger partial charge on any atom is 0.203 e. The fourth-order valence-corrected chi connectivity index (χ4v) is 3.74. The highest BCUT2D eigenvalue weighted by Gasteiger charge is 2.11. The van der Waals surface area contributed by atoms with Crippen LogP contribution in [0.25, 0.3) is 11.3 Å². The molecule has 0 spiro atoms. The monoisotopic (exact) mass is 463 g/mol. The number of rotatable bonds is 4. The number of nitrogens with one attached hydrogen (secondary N) is 1. The zero-order chi connectivity index (χ0) is 18.8. The zero-order valence-electron chi connectivity index (χ0n) is 13.2. The van der Waals surface area contributed by atoms with Gasteiger partial charge in [-0.1, -0.05) is 70.1 Å². The molecule has 0 aliphatic rings. The van der Waals surface area contributed by atoms with Gasteiger partial charge in [0.1, 0.15) is 0 Å². The minimum Gasteiger partial charge on any atom is -0.252 e. The molecule has 3 aromatic rings. The maximum atomic E-state index is 6.23. The highest BCUT2D eigenvalue weighted by molar-refractivity contribution is 7.14. The Balaban J connectivity index is 1.80. The van der Waals surface area contributed by atoms with Gasteiger partial charge in [0.15, 0.2) is 0 Å². The third-order valence-corrected chi connectivity index (χ3v) is 6.24. The highest BCUT2D eigenvalue weighted by atomic mass is 35.5. The first kappa shape index (κ1) is 19.7. The van der Waals surface area contributed by atoms with E-state index in [1.54, 1.807) is 24.3 Å². The molecule has 0 aliphatic carbocycles. The second-order valence-electron chi connectivity index (χ2n) is 5.20. The Morgan fingerprint density at radius 2 is 1.69 bits per heavy atom. The van der Waals surface area contributed by atoms with E-state index in [1.165, 1.54) is 11.3 Å². The number of halogens is 5. The van der Waals surface area contributed by atoms with E-state index >= 15 is 0 Å². The Morgan fingerprint density at radius 3 is 2.42 bits per heavy atom.